The highest BCUT2D eigenvalue weighted by Crippen LogP contribution is 2.29. The molecule has 0 saturated carbocycles. The maximum absolute atomic E-state index is 4.34. The lowest BCUT2D eigenvalue weighted by molar-refractivity contribution is 1.38. The number of aromatic nitrogens is 1. The molecule has 1 aliphatic carbocycles. The van der Waals surface area contributed by atoms with Gasteiger partial charge in [-0.1, -0.05) is 30.4 Å². The largest absolute Gasteiger partial charge is 0.256 e. The summed E-state index contributed by atoms with van der Waals surface area (Å²) in [5.41, 5.74) is 3.68. The van der Waals surface area contributed by atoms with E-state index in [2.05, 4.69) is 29.3 Å². The van der Waals surface area contributed by atoms with Crippen molar-refractivity contribution in [3.05, 3.63) is 41.6 Å². The fourth-order valence-electron chi connectivity index (χ4n) is 1.57. The van der Waals surface area contributed by atoms with Gasteiger partial charge in [-0.25, -0.2) is 0 Å². The van der Waals surface area contributed by atoms with Gasteiger partial charge in [-0.2, -0.15) is 0 Å². The summed E-state index contributed by atoms with van der Waals surface area (Å²) >= 11 is 0. The van der Waals surface area contributed by atoms with Crippen molar-refractivity contribution in [2.75, 3.05) is 0 Å². The molecular weight excluding hydrogens is 146 g/mol. The fraction of sp³-hybridized carbons (Fsp3) is 0. The molecule has 0 atom stereocenters. The lowest BCUT2D eigenvalue weighted by Gasteiger charge is -2.11. The summed E-state index contributed by atoms with van der Waals surface area (Å²) in [4.78, 5) is 4.34. The van der Waals surface area contributed by atoms with Gasteiger partial charge in [0.15, 0.2) is 0 Å². The summed E-state index contributed by atoms with van der Waals surface area (Å²) in [6, 6.07) is 8.23. The maximum Gasteiger partial charge on any atom is 0.0708 e. The minimum absolute atomic E-state index is 1.08. The Morgan fingerprint density at radius 3 is 2.75 bits per heavy atom. The van der Waals surface area contributed by atoms with Crippen molar-refractivity contribution < 1.29 is 0 Å². The molecule has 1 heterocycles. The topological polar surface area (TPSA) is 12.9 Å². The zero-order valence-corrected chi connectivity index (χ0v) is 6.49. The average molecular weight is 153 g/mol. The van der Waals surface area contributed by atoms with Gasteiger partial charge < -0.3 is 0 Å². The molecule has 0 N–H and O–H groups in total. The molecule has 0 bridgehead atoms. The Labute approximate surface area is 70.4 Å². The van der Waals surface area contributed by atoms with Crippen LogP contribution < -0.4 is 0 Å². The van der Waals surface area contributed by atoms with Crippen LogP contribution in [0.1, 0.15) is 11.1 Å². The van der Waals surface area contributed by atoms with Crippen molar-refractivity contribution in [2.45, 2.75) is 0 Å². The van der Waals surface area contributed by atoms with Crippen LogP contribution >= 0.6 is 0 Å². The van der Waals surface area contributed by atoms with Gasteiger partial charge in [0.2, 0.25) is 0 Å². The molecule has 2 aromatic rings. The summed E-state index contributed by atoms with van der Waals surface area (Å²) in [6.45, 7) is 0. The molecule has 0 aliphatic heterocycles. The quantitative estimate of drug-likeness (QED) is 0.484. The predicted octanol–water partition coefficient (Wildman–Crippen LogP) is 2.72. The monoisotopic (exact) mass is 153 g/mol. The SMILES string of the molecule is C1=Cc2c1cnc1ccccc21. The number of pyridine rings is 1. The van der Waals surface area contributed by atoms with E-state index in [-0.39, 0.29) is 0 Å². The third kappa shape index (κ3) is 0.607. The van der Waals surface area contributed by atoms with Gasteiger partial charge in [0.05, 0.1) is 5.52 Å². The molecule has 1 aliphatic rings. The Kier molecular flexibility index (Phi) is 0.965. The van der Waals surface area contributed by atoms with Crippen molar-refractivity contribution >= 4 is 23.1 Å². The number of hydrogen-bond acceptors (Lipinski definition) is 1. The Hall–Kier alpha value is -1.63. The van der Waals surface area contributed by atoms with Crippen molar-refractivity contribution in [3.8, 4) is 0 Å². The number of rotatable bonds is 0. The Morgan fingerprint density at radius 2 is 1.92 bits per heavy atom. The van der Waals surface area contributed by atoms with Gasteiger partial charge >= 0.3 is 0 Å². The zero-order valence-electron chi connectivity index (χ0n) is 6.49. The summed E-state index contributed by atoms with van der Waals surface area (Å²) in [6.07, 6.45) is 6.16. The van der Waals surface area contributed by atoms with Crippen LogP contribution in [0.5, 0.6) is 0 Å². The average Bonchev–Trinajstić information content (AvgIpc) is 2.05. The first-order chi connectivity index (χ1) is 5.95. The van der Waals surface area contributed by atoms with Crippen LogP contribution in [0, 0.1) is 0 Å². The standard InChI is InChI=1S/C11H7N/c1-2-4-11-10(3-1)9-6-5-8(9)7-12-11/h1-7H. The molecular formula is C11H7N. The number of nitrogens with zero attached hydrogens (tertiary/aromatic N) is 1. The molecule has 0 saturated heterocycles. The second-order valence-electron chi connectivity index (χ2n) is 2.98. The van der Waals surface area contributed by atoms with Crippen molar-refractivity contribution in [3.63, 3.8) is 0 Å². The van der Waals surface area contributed by atoms with Crippen molar-refractivity contribution in [1.82, 2.24) is 4.98 Å². The highest BCUT2D eigenvalue weighted by molar-refractivity contribution is 6.00. The van der Waals surface area contributed by atoms with Crippen LogP contribution in [-0.2, 0) is 0 Å². The smallest absolute Gasteiger partial charge is 0.0708 e. The van der Waals surface area contributed by atoms with Gasteiger partial charge in [-0.3, -0.25) is 4.98 Å². The van der Waals surface area contributed by atoms with E-state index in [0.29, 0.717) is 0 Å². The lowest BCUT2D eigenvalue weighted by atomic mass is 9.96. The highest BCUT2D eigenvalue weighted by atomic mass is 14.7. The molecule has 1 aromatic heterocycles. The van der Waals surface area contributed by atoms with Crippen molar-refractivity contribution in [2.24, 2.45) is 0 Å². The molecule has 56 valence electrons. The molecule has 3 rings (SSSR count). The normalized spacial score (nSPS) is 12.7. The Balaban J connectivity index is 2.53. The van der Waals surface area contributed by atoms with Gasteiger partial charge in [-0.15, -0.1) is 0 Å². The fourth-order valence-corrected chi connectivity index (χ4v) is 1.57. The molecule has 0 radical (unpaired) electrons. The van der Waals surface area contributed by atoms with Gasteiger partial charge in [-0.05, 0) is 11.6 Å². The zero-order chi connectivity index (χ0) is 7.97. The molecule has 0 fully saturated rings. The summed E-state index contributed by atoms with van der Waals surface area (Å²) in [5, 5.41) is 1.26. The van der Waals surface area contributed by atoms with E-state index in [4.69, 9.17) is 0 Å². The van der Waals surface area contributed by atoms with E-state index in [0.717, 1.165) is 5.52 Å². The second kappa shape index (κ2) is 1.95. The molecule has 1 nitrogen and oxygen atoms in total. The number of para-hydroxylation sites is 1. The van der Waals surface area contributed by atoms with E-state index in [1.165, 1.54) is 16.5 Å². The number of benzene rings is 1. The van der Waals surface area contributed by atoms with E-state index in [1.54, 1.807) is 0 Å². The lowest BCUT2D eigenvalue weighted by Crippen LogP contribution is -1.92. The predicted molar refractivity (Wildman–Crippen MR) is 50.7 cm³/mol. The number of fused-ring (bicyclic) bond motifs is 3. The first-order valence-corrected chi connectivity index (χ1v) is 4.01. The molecule has 1 aromatic carbocycles. The first kappa shape index (κ1) is 5.95. The van der Waals surface area contributed by atoms with Crippen LogP contribution in [0.25, 0.3) is 23.1 Å². The first-order valence-electron chi connectivity index (χ1n) is 4.01. The van der Waals surface area contributed by atoms with Crippen LogP contribution in [0.15, 0.2) is 30.5 Å². The molecule has 0 spiro atoms. The van der Waals surface area contributed by atoms with Gasteiger partial charge in [0.25, 0.3) is 0 Å². The Morgan fingerprint density at radius 1 is 1.00 bits per heavy atom. The third-order valence-electron chi connectivity index (χ3n) is 2.28. The van der Waals surface area contributed by atoms with Crippen molar-refractivity contribution in [1.29, 1.82) is 0 Å². The Bertz CT molecular complexity index is 483. The van der Waals surface area contributed by atoms with Crippen LogP contribution in [-0.4, -0.2) is 4.98 Å². The van der Waals surface area contributed by atoms with Crippen LogP contribution in [0.4, 0.5) is 0 Å². The minimum Gasteiger partial charge on any atom is -0.256 e. The van der Waals surface area contributed by atoms with E-state index < -0.39 is 0 Å². The van der Waals surface area contributed by atoms with E-state index >= 15 is 0 Å². The minimum atomic E-state index is 1.08. The van der Waals surface area contributed by atoms with E-state index in [9.17, 15) is 0 Å². The number of hydrogen-bond donors (Lipinski definition) is 0. The van der Waals surface area contributed by atoms with Gasteiger partial charge in [0, 0.05) is 17.1 Å². The molecule has 12 heavy (non-hydrogen) atoms. The van der Waals surface area contributed by atoms with Crippen LogP contribution in [0.2, 0.25) is 0 Å². The highest BCUT2D eigenvalue weighted by Gasteiger charge is 2.08. The van der Waals surface area contributed by atoms with Gasteiger partial charge in [0.1, 0.15) is 0 Å². The maximum atomic E-state index is 4.34. The molecule has 0 unspecified atom stereocenters. The van der Waals surface area contributed by atoms with Crippen LogP contribution in [0.3, 0.4) is 0 Å². The summed E-state index contributed by atoms with van der Waals surface area (Å²) in [5.74, 6) is 0. The molecule has 0 amide bonds. The third-order valence-corrected chi connectivity index (χ3v) is 2.28. The summed E-state index contributed by atoms with van der Waals surface area (Å²) < 4.78 is 0. The summed E-state index contributed by atoms with van der Waals surface area (Å²) in [7, 11) is 0. The second-order valence-corrected chi connectivity index (χ2v) is 2.98. The van der Waals surface area contributed by atoms with E-state index in [1.807, 2.05) is 18.3 Å². The molecule has 1 heteroatoms.